The molecule has 1 aromatic rings. The Bertz CT molecular complexity index is 513. The Kier molecular flexibility index (Phi) is 2.87. The van der Waals surface area contributed by atoms with Crippen molar-refractivity contribution >= 4 is 17.5 Å². The van der Waals surface area contributed by atoms with Gasteiger partial charge in [0.05, 0.1) is 4.92 Å². The number of aromatic nitrogens is 2. The van der Waals surface area contributed by atoms with Crippen LogP contribution in [0.2, 0.25) is 0 Å². The Morgan fingerprint density at radius 3 is 2.47 bits per heavy atom. The average Bonchev–Trinajstić information content (AvgIpc) is 2.66. The smallest absolute Gasteiger partial charge is 0.329 e. The third kappa shape index (κ3) is 2.09. The molecule has 0 spiro atoms. The summed E-state index contributed by atoms with van der Waals surface area (Å²) < 4.78 is 0. The lowest BCUT2D eigenvalue weighted by Gasteiger charge is -2.07. The van der Waals surface area contributed by atoms with E-state index in [2.05, 4.69) is 43.0 Å². The lowest BCUT2D eigenvalue weighted by Crippen LogP contribution is -2.12. The van der Waals surface area contributed by atoms with Gasteiger partial charge < -0.3 is 11.1 Å². The fourth-order valence-electron chi connectivity index (χ4n) is 2.70. The van der Waals surface area contributed by atoms with Gasteiger partial charge in [-0.15, -0.1) is 0 Å². The van der Waals surface area contributed by atoms with Crippen LogP contribution in [0, 0.1) is 26.9 Å². The van der Waals surface area contributed by atoms with Gasteiger partial charge >= 0.3 is 5.69 Å². The summed E-state index contributed by atoms with van der Waals surface area (Å²) in [6, 6.07) is 0. The number of rotatable bonds is 4. The van der Waals surface area contributed by atoms with E-state index >= 15 is 0 Å². The topological polar surface area (TPSA) is 107 Å². The molecule has 3 N–H and O–H groups in total. The fourth-order valence-corrected chi connectivity index (χ4v) is 2.70. The van der Waals surface area contributed by atoms with Gasteiger partial charge in [-0.05, 0) is 16.7 Å². The largest absolute Gasteiger partial charge is 0.368 e. The van der Waals surface area contributed by atoms with E-state index in [9.17, 15) is 10.1 Å². The zero-order chi connectivity index (χ0) is 14.4. The summed E-state index contributed by atoms with van der Waals surface area (Å²) >= 11 is 0. The molecule has 0 unspecified atom stereocenters. The summed E-state index contributed by atoms with van der Waals surface area (Å²) in [5.41, 5.74) is 5.75. The highest BCUT2D eigenvalue weighted by atomic mass is 16.6. The van der Waals surface area contributed by atoms with E-state index < -0.39 is 4.92 Å². The van der Waals surface area contributed by atoms with E-state index in [4.69, 9.17) is 5.73 Å². The number of nitrogens with zero attached hydrogens (tertiary/aromatic N) is 3. The maximum Gasteiger partial charge on any atom is 0.329 e. The molecule has 1 aliphatic rings. The van der Waals surface area contributed by atoms with Crippen LogP contribution in [0.4, 0.5) is 17.5 Å². The molecule has 0 aliphatic heterocycles. The molecule has 1 saturated carbocycles. The predicted octanol–water partition coefficient (Wildman–Crippen LogP) is 2.06. The number of hydrogen-bond acceptors (Lipinski definition) is 6. The van der Waals surface area contributed by atoms with Gasteiger partial charge in [0.2, 0.25) is 11.8 Å². The first-order chi connectivity index (χ1) is 8.68. The third-order valence-corrected chi connectivity index (χ3v) is 4.78. The molecule has 1 heterocycles. The molecule has 1 fully saturated rings. The molecule has 7 heteroatoms. The normalized spacial score (nSPS) is 20.0. The Labute approximate surface area is 111 Å². The van der Waals surface area contributed by atoms with Crippen LogP contribution in [-0.2, 0) is 0 Å². The van der Waals surface area contributed by atoms with Crippen molar-refractivity contribution < 1.29 is 4.92 Å². The van der Waals surface area contributed by atoms with Crippen molar-refractivity contribution in [2.24, 2.45) is 16.7 Å². The number of nitrogens with one attached hydrogen (secondary N) is 1. The van der Waals surface area contributed by atoms with Crippen LogP contribution in [0.15, 0.2) is 6.20 Å². The monoisotopic (exact) mass is 265 g/mol. The van der Waals surface area contributed by atoms with E-state index in [1.54, 1.807) is 0 Å². The molecular formula is C12H19N5O2. The van der Waals surface area contributed by atoms with Crippen LogP contribution >= 0.6 is 0 Å². The first-order valence-corrected chi connectivity index (χ1v) is 6.18. The minimum atomic E-state index is -0.509. The van der Waals surface area contributed by atoms with Gasteiger partial charge in [-0.3, -0.25) is 10.1 Å². The Hall–Kier alpha value is -1.92. The number of nitro groups is 1. The summed E-state index contributed by atoms with van der Waals surface area (Å²) in [5.74, 6) is 0.661. The van der Waals surface area contributed by atoms with Crippen LogP contribution < -0.4 is 11.1 Å². The first kappa shape index (κ1) is 13.5. The minimum Gasteiger partial charge on any atom is -0.368 e. The van der Waals surface area contributed by atoms with Gasteiger partial charge in [-0.2, -0.15) is 4.98 Å². The number of nitrogens with two attached hydrogens (primary N) is 1. The maximum atomic E-state index is 10.9. The van der Waals surface area contributed by atoms with Crippen molar-refractivity contribution in [3.63, 3.8) is 0 Å². The van der Waals surface area contributed by atoms with Gasteiger partial charge in [-0.25, -0.2) is 4.98 Å². The second-order valence-electron chi connectivity index (χ2n) is 6.10. The number of nitrogen functional groups attached to an aromatic ring is 1. The van der Waals surface area contributed by atoms with E-state index in [0.29, 0.717) is 12.5 Å². The lowest BCUT2D eigenvalue weighted by atomic mass is 10.0. The third-order valence-electron chi connectivity index (χ3n) is 4.78. The molecule has 7 nitrogen and oxygen atoms in total. The molecule has 0 bridgehead atoms. The van der Waals surface area contributed by atoms with Gasteiger partial charge in [-0.1, -0.05) is 27.7 Å². The molecular weight excluding hydrogens is 246 g/mol. The molecule has 0 saturated heterocycles. The van der Waals surface area contributed by atoms with Crippen molar-refractivity contribution in [3.05, 3.63) is 16.3 Å². The quantitative estimate of drug-likeness (QED) is 0.637. The standard InChI is InChI=1S/C12H19N5O2/c1-11(2)8(12(11,3)4)6-14-9-7(17(18)19)5-15-10(13)16-9/h5,8H,6H2,1-4H3,(H3,13,14,15,16). The lowest BCUT2D eigenvalue weighted by molar-refractivity contribution is -0.384. The molecule has 0 atom stereocenters. The molecule has 0 radical (unpaired) electrons. The summed E-state index contributed by atoms with van der Waals surface area (Å²) in [5, 5.41) is 13.9. The van der Waals surface area contributed by atoms with Crippen molar-refractivity contribution in [3.8, 4) is 0 Å². The molecule has 0 aromatic carbocycles. The molecule has 19 heavy (non-hydrogen) atoms. The van der Waals surface area contributed by atoms with E-state index in [1.807, 2.05) is 0 Å². The van der Waals surface area contributed by atoms with Crippen molar-refractivity contribution in [2.75, 3.05) is 17.6 Å². The molecule has 1 aliphatic carbocycles. The molecule has 2 rings (SSSR count). The average molecular weight is 265 g/mol. The molecule has 1 aromatic heterocycles. The van der Waals surface area contributed by atoms with Crippen LogP contribution in [0.3, 0.4) is 0 Å². The van der Waals surface area contributed by atoms with Gasteiger partial charge in [0.1, 0.15) is 6.20 Å². The van der Waals surface area contributed by atoms with E-state index in [-0.39, 0.29) is 28.3 Å². The number of hydrogen-bond donors (Lipinski definition) is 2. The Morgan fingerprint density at radius 1 is 1.42 bits per heavy atom. The first-order valence-electron chi connectivity index (χ1n) is 6.18. The Morgan fingerprint density at radius 2 is 2.00 bits per heavy atom. The van der Waals surface area contributed by atoms with Crippen LogP contribution in [-0.4, -0.2) is 21.4 Å². The van der Waals surface area contributed by atoms with E-state index in [0.717, 1.165) is 6.20 Å². The van der Waals surface area contributed by atoms with Gasteiger partial charge in [0, 0.05) is 6.54 Å². The highest BCUT2D eigenvalue weighted by Crippen LogP contribution is 2.68. The maximum absolute atomic E-state index is 10.9. The van der Waals surface area contributed by atoms with Crippen molar-refractivity contribution in [1.29, 1.82) is 0 Å². The van der Waals surface area contributed by atoms with Crippen LogP contribution in [0.1, 0.15) is 27.7 Å². The second kappa shape index (κ2) is 4.04. The SMILES string of the molecule is CC1(C)C(CNc2nc(N)ncc2[N+](=O)[O-])C1(C)C. The van der Waals surface area contributed by atoms with E-state index in [1.165, 1.54) is 0 Å². The summed E-state index contributed by atoms with van der Waals surface area (Å²) in [6.07, 6.45) is 1.13. The van der Waals surface area contributed by atoms with Crippen LogP contribution in [0.25, 0.3) is 0 Å². The zero-order valence-corrected chi connectivity index (χ0v) is 11.6. The van der Waals surface area contributed by atoms with Gasteiger partial charge in [0.15, 0.2) is 0 Å². The highest BCUT2D eigenvalue weighted by Gasteiger charge is 2.64. The predicted molar refractivity (Wildman–Crippen MR) is 72.6 cm³/mol. The molecule has 0 amide bonds. The van der Waals surface area contributed by atoms with Gasteiger partial charge in [0.25, 0.3) is 0 Å². The Balaban J connectivity index is 2.13. The fraction of sp³-hybridized carbons (Fsp3) is 0.667. The summed E-state index contributed by atoms with van der Waals surface area (Å²) in [6.45, 7) is 9.42. The summed E-state index contributed by atoms with van der Waals surface area (Å²) in [7, 11) is 0. The van der Waals surface area contributed by atoms with Crippen molar-refractivity contribution in [1.82, 2.24) is 9.97 Å². The highest BCUT2D eigenvalue weighted by molar-refractivity contribution is 5.56. The summed E-state index contributed by atoms with van der Waals surface area (Å²) in [4.78, 5) is 17.9. The van der Waals surface area contributed by atoms with Crippen LogP contribution in [0.5, 0.6) is 0 Å². The molecule has 104 valence electrons. The number of anilines is 2. The second-order valence-corrected chi connectivity index (χ2v) is 6.10. The zero-order valence-electron chi connectivity index (χ0n) is 11.6. The van der Waals surface area contributed by atoms with Crippen molar-refractivity contribution in [2.45, 2.75) is 27.7 Å². The minimum absolute atomic E-state index is 0.0300.